The predicted molar refractivity (Wildman–Crippen MR) is 45.8 cm³/mol. The molecule has 0 aromatic heterocycles. The van der Waals surface area contributed by atoms with Gasteiger partial charge in [-0.25, -0.2) is 0 Å². The van der Waals surface area contributed by atoms with Crippen LogP contribution in [0.3, 0.4) is 0 Å². The molecule has 0 fully saturated rings. The number of ether oxygens (including phenoxy) is 1. The van der Waals surface area contributed by atoms with Crippen LogP contribution in [0.25, 0.3) is 0 Å². The fourth-order valence-corrected chi connectivity index (χ4v) is 0.452. The summed E-state index contributed by atoms with van der Waals surface area (Å²) in [7, 11) is 0. The standard InChI is InChI=1S/C7H14Cl2O/c1-6(2,3)10-5-7(4,8)9/h5H2,1-4H3. The minimum absolute atomic E-state index is 0.162. The van der Waals surface area contributed by atoms with Crippen molar-refractivity contribution in [2.75, 3.05) is 6.61 Å². The first-order valence-corrected chi connectivity index (χ1v) is 3.98. The van der Waals surface area contributed by atoms with E-state index in [1.165, 1.54) is 0 Å². The monoisotopic (exact) mass is 184 g/mol. The van der Waals surface area contributed by atoms with Crippen molar-refractivity contribution in [3.63, 3.8) is 0 Å². The Kier molecular flexibility index (Phi) is 3.47. The number of halogens is 2. The van der Waals surface area contributed by atoms with Gasteiger partial charge in [-0.2, -0.15) is 0 Å². The first-order chi connectivity index (χ1) is 4.21. The lowest BCUT2D eigenvalue weighted by Gasteiger charge is -2.23. The van der Waals surface area contributed by atoms with Crippen LogP contribution < -0.4 is 0 Å². The maximum absolute atomic E-state index is 5.68. The van der Waals surface area contributed by atoms with Crippen LogP contribution in [0.2, 0.25) is 0 Å². The lowest BCUT2D eigenvalue weighted by atomic mass is 10.2. The Morgan fingerprint density at radius 3 is 1.60 bits per heavy atom. The summed E-state index contributed by atoms with van der Waals surface area (Å²) in [5, 5.41) is 0. The van der Waals surface area contributed by atoms with Crippen molar-refractivity contribution in [2.24, 2.45) is 0 Å². The number of hydrogen-bond acceptors (Lipinski definition) is 1. The van der Waals surface area contributed by atoms with Crippen LogP contribution in [0.5, 0.6) is 0 Å². The fraction of sp³-hybridized carbons (Fsp3) is 1.00. The Morgan fingerprint density at radius 2 is 1.50 bits per heavy atom. The highest BCUT2D eigenvalue weighted by Crippen LogP contribution is 2.22. The molecule has 0 unspecified atom stereocenters. The van der Waals surface area contributed by atoms with Gasteiger partial charge in [-0.3, -0.25) is 0 Å². The number of hydrogen-bond donors (Lipinski definition) is 0. The van der Waals surface area contributed by atoms with Crippen LogP contribution in [0.1, 0.15) is 27.7 Å². The molecule has 0 aliphatic carbocycles. The van der Waals surface area contributed by atoms with Crippen molar-refractivity contribution >= 4 is 23.2 Å². The molecule has 0 saturated carbocycles. The average Bonchev–Trinajstić information content (AvgIpc) is 1.57. The van der Waals surface area contributed by atoms with E-state index in [9.17, 15) is 0 Å². The van der Waals surface area contributed by atoms with Crippen LogP contribution in [0.15, 0.2) is 0 Å². The molecule has 0 spiro atoms. The van der Waals surface area contributed by atoms with Gasteiger partial charge in [0.2, 0.25) is 0 Å². The quantitative estimate of drug-likeness (QED) is 0.601. The molecule has 0 bridgehead atoms. The van der Waals surface area contributed by atoms with Gasteiger partial charge in [0.05, 0.1) is 12.2 Å². The van der Waals surface area contributed by atoms with Gasteiger partial charge < -0.3 is 4.74 Å². The highest BCUT2D eigenvalue weighted by molar-refractivity contribution is 6.48. The Hall–Kier alpha value is 0.540. The summed E-state index contributed by atoms with van der Waals surface area (Å²) in [6, 6.07) is 0. The molecule has 0 aliphatic rings. The van der Waals surface area contributed by atoms with Crippen LogP contribution in [0.4, 0.5) is 0 Å². The van der Waals surface area contributed by atoms with Gasteiger partial charge in [-0.15, -0.1) is 0 Å². The van der Waals surface area contributed by atoms with Crippen molar-refractivity contribution in [1.82, 2.24) is 0 Å². The second-order valence-electron chi connectivity index (χ2n) is 3.47. The number of alkyl halides is 2. The summed E-state index contributed by atoms with van der Waals surface area (Å²) in [6.07, 6.45) is 0. The molecule has 0 heterocycles. The molecule has 0 radical (unpaired) electrons. The highest BCUT2D eigenvalue weighted by Gasteiger charge is 2.20. The molecule has 10 heavy (non-hydrogen) atoms. The lowest BCUT2D eigenvalue weighted by molar-refractivity contribution is -0.00519. The van der Waals surface area contributed by atoms with Crippen molar-refractivity contribution in [3.8, 4) is 0 Å². The Morgan fingerprint density at radius 1 is 1.10 bits per heavy atom. The topological polar surface area (TPSA) is 9.23 Å². The van der Waals surface area contributed by atoms with E-state index in [0.717, 1.165) is 0 Å². The zero-order valence-electron chi connectivity index (χ0n) is 6.87. The van der Waals surface area contributed by atoms with Crippen LogP contribution >= 0.6 is 23.2 Å². The summed E-state index contributed by atoms with van der Waals surface area (Å²) in [4.78, 5) is 0. The molecule has 0 aliphatic heterocycles. The van der Waals surface area contributed by atoms with E-state index in [4.69, 9.17) is 27.9 Å². The zero-order valence-corrected chi connectivity index (χ0v) is 8.38. The maximum atomic E-state index is 5.68. The largest absolute Gasteiger partial charge is 0.373 e. The molecular weight excluding hydrogens is 171 g/mol. The molecule has 3 heteroatoms. The fourth-order valence-electron chi connectivity index (χ4n) is 0.343. The van der Waals surface area contributed by atoms with Gasteiger partial charge in [-0.1, -0.05) is 23.2 Å². The lowest BCUT2D eigenvalue weighted by Crippen LogP contribution is -2.26. The summed E-state index contributed by atoms with van der Waals surface area (Å²) in [5.74, 6) is 0. The third kappa shape index (κ3) is 8.54. The van der Waals surface area contributed by atoms with Crippen molar-refractivity contribution in [2.45, 2.75) is 37.6 Å². The zero-order chi connectivity index (χ0) is 8.41. The smallest absolute Gasteiger partial charge is 0.138 e. The van der Waals surface area contributed by atoms with Crippen molar-refractivity contribution in [3.05, 3.63) is 0 Å². The minimum atomic E-state index is -0.771. The van der Waals surface area contributed by atoms with E-state index in [-0.39, 0.29) is 5.60 Å². The van der Waals surface area contributed by atoms with Crippen LogP contribution in [0, 0.1) is 0 Å². The van der Waals surface area contributed by atoms with Crippen LogP contribution in [-0.2, 0) is 4.74 Å². The summed E-state index contributed by atoms with van der Waals surface area (Å²) < 4.78 is 4.56. The first kappa shape index (κ1) is 10.5. The Bertz CT molecular complexity index is 85.2. The Labute approximate surface area is 72.6 Å². The SMILES string of the molecule is CC(Cl)(Cl)COC(C)(C)C. The molecule has 0 N–H and O–H groups in total. The van der Waals surface area contributed by atoms with Crippen LogP contribution in [-0.4, -0.2) is 16.5 Å². The van der Waals surface area contributed by atoms with Gasteiger partial charge in [0, 0.05) is 0 Å². The molecule has 0 aromatic rings. The second kappa shape index (κ2) is 3.29. The Balaban J connectivity index is 3.56. The predicted octanol–water partition coefficient (Wildman–Crippen LogP) is 3.00. The van der Waals surface area contributed by atoms with E-state index < -0.39 is 4.33 Å². The van der Waals surface area contributed by atoms with Gasteiger partial charge in [0.1, 0.15) is 4.33 Å². The average molecular weight is 185 g/mol. The normalized spacial score (nSPS) is 13.8. The van der Waals surface area contributed by atoms with Gasteiger partial charge >= 0.3 is 0 Å². The summed E-state index contributed by atoms with van der Waals surface area (Å²) in [6.45, 7) is 7.97. The maximum Gasteiger partial charge on any atom is 0.138 e. The molecular formula is C7H14Cl2O. The summed E-state index contributed by atoms with van der Waals surface area (Å²) >= 11 is 11.4. The van der Waals surface area contributed by atoms with E-state index in [1.54, 1.807) is 6.92 Å². The third-order valence-electron chi connectivity index (χ3n) is 0.759. The molecule has 62 valence electrons. The molecule has 0 atom stereocenters. The van der Waals surface area contributed by atoms with Gasteiger partial charge in [-0.05, 0) is 27.7 Å². The molecule has 0 saturated heterocycles. The molecule has 0 amide bonds. The van der Waals surface area contributed by atoms with Crippen molar-refractivity contribution in [1.29, 1.82) is 0 Å². The first-order valence-electron chi connectivity index (χ1n) is 3.22. The van der Waals surface area contributed by atoms with Gasteiger partial charge in [0.15, 0.2) is 0 Å². The van der Waals surface area contributed by atoms with E-state index in [2.05, 4.69) is 0 Å². The summed E-state index contributed by atoms with van der Waals surface area (Å²) in [5.41, 5.74) is -0.162. The third-order valence-corrected chi connectivity index (χ3v) is 0.977. The molecule has 0 aromatic carbocycles. The molecule has 0 rings (SSSR count). The van der Waals surface area contributed by atoms with E-state index in [1.807, 2.05) is 20.8 Å². The van der Waals surface area contributed by atoms with Gasteiger partial charge in [0.25, 0.3) is 0 Å². The minimum Gasteiger partial charge on any atom is -0.373 e. The van der Waals surface area contributed by atoms with E-state index in [0.29, 0.717) is 6.61 Å². The second-order valence-corrected chi connectivity index (χ2v) is 5.33. The van der Waals surface area contributed by atoms with Crippen molar-refractivity contribution < 1.29 is 4.74 Å². The number of rotatable bonds is 2. The highest BCUT2D eigenvalue weighted by atomic mass is 35.5. The van der Waals surface area contributed by atoms with E-state index >= 15 is 0 Å². The molecule has 1 nitrogen and oxygen atoms in total.